The largest absolute Gasteiger partial charge is 0.482 e. The first-order valence-corrected chi connectivity index (χ1v) is 6.19. The molecule has 3 N–H and O–H groups in total. The van der Waals surface area contributed by atoms with Crippen molar-refractivity contribution in [3.8, 4) is 5.75 Å². The second-order valence-corrected chi connectivity index (χ2v) is 4.45. The lowest BCUT2D eigenvalue weighted by atomic mass is 10.1. The van der Waals surface area contributed by atoms with Gasteiger partial charge in [-0.05, 0) is 29.8 Å². The van der Waals surface area contributed by atoms with Crippen molar-refractivity contribution in [2.75, 3.05) is 11.9 Å². The van der Waals surface area contributed by atoms with Crippen LogP contribution in [0.4, 0.5) is 5.69 Å². The Morgan fingerprint density at radius 2 is 2.25 bits per heavy atom. The van der Waals surface area contributed by atoms with Gasteiger partial charge >= 0.3 is 0 Å². The highest BCUT2D eigenvalue weighted by atomic mass is 16.5. The van der Waals surface area contributed by atoms with Crippen molar-refractivity contribution in [3.05, 3.63) is 47.8 Å². The second-order valence-electron chi connectivity index (χ2n) is 4.45. The number of hydrogen-bond acceptors (Lipinski definition) is 3. The fourth-order valence-corrected chi connectivity index (χ4v) is 1.97. The Kier molecular flexibility index (Phi) is 3.12. The van der Waals surface area contributed by atoms with Gasteiger partial charge in [-0.3, -0.25) is 9.59 Å². The first-order chi connectivity index (χ1) is 9.72. The van der Waals surface area contributed by atoms with Crippen molar-refractivity contribution in [3.63, 3.8) is 0 Å². The number of benzene rings is 1. The molecule has 0 bridgehead atoms. The summed E-state index contributed by atoms with van der Waals surface area (Å²) >= 11 is 0. The normalized spacial score (nSPS) is 13.1. The minimum absolute atomic E-state index is 0.0264. The average Bonchev–Trinajstić information content (AvgIpc) is 2.97. The van der Waals surface area contributed by atoms with E-state index in [-0.39, 0.29) is 18.4 Å². The van der Waals surface area contributed by atoms with Gasteiger partial charge < -0.3 is 20.4 Å². The number of fused-ring (bicyclic) bond motifs is 1. The standard InChI is InChI=1S/C14H13N3O3/c18-13-8-20-12-5-10(1-2-11(12)17-13)14(19)16-7-9-3-4-15-6-9/h1-6,15H,7-8H2,(H,16,19)(H,17,18). The maximum Gasteiger partial charge on any atom is 0.262 e. The van der Waals surface area contributed by atoms with Crippen LogP contribution < -0.4 is 15.4 Å². The molecular weight excluding hydrogens is 258 g/mol. The summed E-state index contributed by atoms with van der Waals surface area (Å²) in [5.74, 6) is 0.135. The minimum atomic E-state index is -0.192. The van der Waals surface area contributed by atoms with Crippen molar-refractivity contribution in [1.82, 2.24) is 10.3 Å². The molecular formula is C14H13N3O3. The molecule has 6 nitrogen and oxygen atoms in total. The zero-order chi connectivity index (χ0) is 13.9. The van der Waals surface area contributed by atoms with Gasteiger partial charge in [0.2, 0.25) is 0 Å². The third-order valence-corrected chi connectivity index (χ3v) is 2.99. The molecule has 1 aliphatic rings. The lowest BCUT2D eigenvalue weighted by Crippen LogP contribution is -2.26. The predicted molar refractivity (Wildman–Crippen MR) is 72.5 cm³/mol. The molecule has 0 radical (unpaired) electrons. The Bertz CT molecular complexity index is 650. The summed E-state index contributed by atoms with van der Waals surface area (Å²) in [6.45, 7) is 0.429. The highest BCUT2D eigenvalue weighted by molar-refractivity contribution is 5.98. The van der Waals surface area contributed by atoms with Gasteiger partial charge in [0.05, 0.1) is 5.69 Å². The van der Waals surface area contributed by atoms with Crippen LogP contribution in [0.15, 0.2) is 36.7 Å². The van der Waals surface area contributed by atoms with Crippen molar-refractivity contribution in [2.45, 2.75) is 6.54 Å². The van der Waals surface area contributed by atoms with Crippen molar-refractivity contribution in [1.29, 1.82) is 0 Å². The van der Waals surface area contributed by atoms with Gasteiger partial charge in [0, 0.05) is 24.5 Å². The van der Waals surface area contributed by atoms with E-state index in [0.29, 0.717) is 23.5 Å². The molecule has 2 heterocycles. The maximum absolute atomic E-state index is 12.0. The van der Waals surface area contributed by atoms with E-state index in [1.807, 2.05) is 12.3 Å². The van der Waals surface area contributed by atoms with E-state index >= 15 is 0 Å². The van der Waals surface area contributed by atoms with E-state index in [9.17, 15) is 9.59 Å². The number of carbonyl (C=O) groups is 2. The number of H-pyrrole nitrogens is 1. The minimum Gasteiger partial charge on any atom is -0.482 e. The molecule has 0 unspecified atom stereocenters. The highest BCUT2D eigenvalue weighted by Crippen LogP contribution is 2.28. The Morgan fingerprint density at radius 1 is 1.35 bits per heavy atom. The molecule has 102 valence electrons. The van der Waals surface area contributed by atoms with Gasteiger partial charge in [-0.1, -0.05) is 0 Å². The molecule has 3 rings (SSSR count). The highest BCUT2D eigenvalue weighted by Gasteiger charge is 2.17. The lowest BCUT2D eigenvalue weighted by molar-refractivity contribution is -0.118. The van der Waals surface area contributed by atoms with Crippen LogP contribution in [0.25, 0.3) is 0 Å². The van der Waals surface area contributed by atoms with Crippen LogP contribution in [0.5, 0.6) is 5.75 Å². The van der Waals surface area contributed by atoms with Gasteiger partial charge in [-0.15, -0.1) is 0 Å². The summed E-state index contributed by atoms with van der Waals surface area (Å²) in [4.78, 5) is 26.1. The van der Waals surface area contributed by atoms with E-state index in [2.05, 4.69) is 15.6 Å². The number of ether oxygens (including phenoxy) is 1. The topological polar surface area (TPSA) is 83.2 Å². The molecule has 2 aromatic rings. The molecule has 0 saturated heterocycles. The van der Waals surface area contributed by atoms with Crippen LogP contribution in [0.1, 0.15) is 15.9 Å². The van der Waals surface area contributed by atoms with Crippen molar-refractivity contribution >= 4 is 17.5 Å². The Balaban J connectivity index is 1.70. The first-order valence-electron chi connectivity index (χ1n) is 6.19. The summed E-state index contributed by atoms with van der Waals surface area (Å²) in [6, 6.07) is 6.84. The van der Waals surface area contributed by atoms with E-state index in [0.717, 1.165) is 5.56 Å². The molecule has 0 aliphatic carbocycles. The van der Waals surface area contributed by atoms with Crippen LogP contribution in [-0.4, -0.2) is 23.4 Å². The number of carbonyl (C=O) groups excluding carboxylic acids is 2. The molecule has 0 saturated carbocycles. The van der Waals surface area contributed by atoms with E-state index < -0.39 is 0 Å². The van der Waals surface area contributed by atoms with Gasteiger partial charge in [-0.25, -0.2) is 0 Å². The van der Waals surface area contributed by atoms with Gasteiger partial charge in [0.15, 0.2) is 6.61 Å². The number of amides is 2. The summed E-state index contributed by atoms with van der Waals surface area (Å²) in [6.07, 6.45) is 3.63. The van der Waals surface area contributed by atoms with Crippen LogP contribution >= 0.6 is 0 Å². The molecule has 0 spiro atoms. The molecule has 1 aliphatic heterocycles. The van der Waals surface area contributed by atoms with Crippen molar-refractivity contribution < 1.29 is 14.3 Å². The van der Waals surface area contributed by atoms with E-state index in [1.54, 1.807) is 24.4 Å². The molecule has 6 heteroatoms. The summed E-state index contributed by atoms with van der Waals surface area (Å²) < 4.78 is 5.28. The third kappa shape index (κ3) is 2.49. The maximum atomic E-state index is 12.0. The first kappa shape index (κ1) is 12.3. The average molecular weight is 271 g/mol. The van der Waals surface area contributed by atoms with Crippen LogP contribution in [0.2, 0.25) is 0 Å². The monoisotopic (exact) mass is 271 g/mol. The van der Waals surface area contributed by atoms with Crippen molar-refractivity contribution in [2.24, 2.45) is 0 Å². The Labute approximate surface area is 115 Å². The Morgan fingerprint density at radius 3 is 3.05 bits per heavy atom. The van der Waals surface area contributed by atoms with E-state index in [1.165, 1.54) is 0 Å². The SMILES string of the molecule is O=C1COc2cc(C(=O)NCc3cc[nH]c3)ccc2N1. The van der Waals surface area contributed by atoms with E-state index in [4.69, 9.17) is 4.74 Å². The van der Waals surface area contributed by atoms with Gasteiger partial charge in [0.1, 0.15) is 5.75 Å². The number of nitrogens with one attached hydrogen (secondary N) is 3. The second kappa shape index (κ2) is 5.08. The molecule has 20 heavy (non-hydrogen) atoms. The molecule has 2 amide bonds. The molecule has 1 aromatic heterocycles. The summed E-state index contributed by atoms with van der Waals surface area (Å²) in [5, 5.41) is 5.50. The van der Waals surface area contributed by atoms with Crippen LogP contribution in [0, 0.1) is 0 Å². The summed E-state index contributed by atoms with van der Waals surface area (Å²) in [7, 11) is 0. The number of hydrogen-bond donors (Lipinski definition) is 3. The zero-order valence-corrected chi connectivity index (χ0v) is 10.6. The number of rotatable bonds is 3. The third-order valence-electron chi connectivity index (χ3n) is 2.99. The van der Waals surface area contributed by atoms with Crippen LogP contribution in [0.3, 0.4) is 0 Å². The molecule has 0 fully saturated rings. The molecule has 0 atom stereocenters. The number of aromatic nitrogens is 1. The lowest BCUT2D eigenvalue weighted by Gasteiger charge is -2.18. The predicted octanol–water partition coefficient (Wildman–Crippen LogP) is 1.28. The quantitative estimate of drug-likeness (QED) is 0.786. The fourth-order valence-electron chi connectivity index (χ4n) is 1.97. The zero-order valence-electron chi connectivity index (χ0n) is 10.6. The number of anilines is 1. The molecule has 1 aromatic carbocycles. The van der Waals surface area contributed by atoms with Gasteiger partial charge in [-0.2, -0.15) is 0 Å². The number of aromatic amines is 1. The fraction of sp³-hybridized carbons (Fsp3) is 0.143. The summed E-state index contributed by atoms with van der Waals surface area (Å²) in [5.41, 5.74) is 2.08. The van der Waals surface area contributed by atoms with Crippen LogP contribution in [-0.2, 0) is 11.3 Å². The Hall–Kier alpha value is -2.76. The van der Waals surface area contributed by atoms with Gasteiger partial charge in [0.25, 0.3) is 11.8 Å². The smallest absolute Gasteiger partial charge is 0.262 e.